The molecule has 0 aliphatic carbocycles. The Hall–Kier alpha value is -2.10. The van der Waals surface area contributed by atoms with Gasteiger partial charge in [0.1, 0.15) is 0 Å². The number of aromatic nitrogens is 1. The number of amides is 1. The first-order valence-corrected chi connectivity index (χ1v) is 6.45. The van der Waals surface area contributed by atoms with Crippen LogP contribution in [0.15, 0.2) is 28.8 Å². The van der Waals surface area contributed by atoms with Crippen LogP contribution < -0.4 is 0 Å². The average Bonchev–Trinajstić information content (AvgIpc) is 2.80. The highest BCUT2D eigenvalue weighted by molar-refractivity contribution is 5.95. The summed E-state index contributed by atoms with van der Waals surface area (Å²) in [4.78, 5) is 14.3. The smallest absolute Gasteiger partial charge is 0.254 e. The minimum absolute atomic E-state index is 0.0674. The molecule has 4 heteroatoms. The number of hydrogen-bond donors (Lipinski definition) is 0. The maximum atomic E-state index is 12.5. The van der Waals surface area contributed by atoms with Crippen molar-refractivity contribution in [1.29, 1.82) is 0 Å². The molecule has 0 saturated heterocycles. The molecule has 1 aromatic carbocycles. The molecule has 1 aliphatic heterocycles. The zero-order valence-electron chi connectivity index (χ0n) is 11.1. The second-order valence-electron chi connectivity index (χ2n) is 4.96. The van der Waals surface area contributed by atoms with Crippen molar-refractivity contribution >= 4 is 5.91 Å². The first-order chi connectivity index (χ1) is 9.16. The Bertz CT molecular complexity index is 631. The van der Waals surface area contributed by atoms with Crippen molar-refractivity contribution in [3.8, 4) is 0 Å². The SMILES string of the molecule is Cc1ccccc1C(=O)N1CCc2c(C)noc2C1. The summed E-state index contributed by atoms with van der Waals surface area (Å²) in [6, 6.07) is 7.68. The molecule has 19 heavy (non-hydrogen) atoms. The summed E-state index contributed by atoms with van der Waals surface area (Å²) >= 11 is 0. The van der Waals surface area contributed by atoms with Gasteiger partial charge in [-0.15, -0.1) is 0 Å². The van der Waals surface area contributed by atoms with Crippen LogP contribution in [0.1, 0.15) is 32.9 Å². The van der Waals surface area contributed by atoms with Gasteiger partial charge < -0.3 is 9.42 Å². The zero-order valence-corrected chi connectivity index (χ0v) is 11.1. The Morgan fingerprint density at radius 3 is 2.89 bits per heavy atom. The van der Waals surface area contributed by atoms with Crippen LogP contribution in [0.5, 0.6) is 0 Å². The maximum Gasteiger partial charge on any atom is 0.254 e. The van der Waals surface area contributed by atoms with E-state index in [9.17, 15) is 4.79 Å². The largest absolute Gasteiger partial charge is 0.359 e. The number of carbonyl (C=O) groups is 1. The Kier molecular flexibility index (Phi) is 2.85. The van der Waals surface area contributed by atoms with Crippen LogP contribution in [0.4, 0.5) is 0 Å². The molecular formula is C15H16N2O2. The van der Waals surface area contributed by atoms with E-state index in [1.54, 1.807) is 0 Å². The lowest BCUT2D eigenvalue weighted by atomic mass is 10.0. The summed E-state index contributed by atoms with van der Waals surface area (Å²) in [7, 11) is 0. The normalized spacial score (nSPS) is 14.3. The highest BCUT2D eigenvalue weighted by atomic mass is 16.5. The molecule has 0 saturated carbocycles. The number of fused-ring (bicyclic) bond motifs is 1. The summed E-state index contributed by atoms with van der Waals surface area (Å²) in [5.41, 5.74) is 3.88. The Morgan fingerprint density at radius 2 is 2.11 bits per heavy atom. The molecule has 0 bridgehead atoms. The molecular weight excluding hydrogens is 240 g/mol. The highest BCUT2D eigenvalue weighted by Gasteiger charge is 2.26. The van der Waals surface area contributed by atoms with Crippen LogP contribution in [0.3, 0.4) is 0 Å². The van der Waals surface area contributed by atoms with Crippen molar-refractivity contribution in [2.75, 3.05) is 6.54 Å². The molecule has 4 nitrogen and oxygen atoms in total. The van der Waals surface area contributed by atoms with E-state index in [2.05, 4.69) is 5.16 Å². The van der Waals surface area contributed by atoms with Crippen molar-refractivity contribution in [1.82, 2.24) is 10.1 Å². The van der Waals surface area contributed by atoms with Gasteiger partial charge >= 0.3 is 0 Å². The Balaban J connectivity index is 1.86. The standard InChI is InChI=1S/C15H16N2O2/c1-10-5-3-4-6-12(10)15(18)17-8-7-13-11(2)16-19-14(13)9-17/h3-6H,7-9H2,1-2H3. The molecule has 0 radical (unpaired) electrons. The molecule has 2 aromatic rings. The number of aryl methyl sites for hydroxylation is 2. The topological polar surface area (TPSA) is 46.3 Å². The minimum atomic E-state index is 0.0674. The molecule has 1 amide bonds. The predicted molar refractivity (Wildman–Crippen MR) is 70.9 cm³/mol. The molecule has 1 aromatic heterocycles. The quantitative estimate of drug-likeness (QED) is 0.787. The maximum absolute atomic E-state index is 12.5. The predicted octanol–water partition coefficient (Wildman–Crippen LogP) is 2.49. The summed E-state index contributed by atoms with van der Waals surface area (Å²) in [6.07, 6.45) is 0.822. The number of benzene rings is 1. The lowest BCUT2D eigenvalue weighted by Gasteiger charge is -2.26. The highest BCUT2D eigenvalue weighted by Crippen LogP contribution is 2.23. The minimum Gasteiger partial charge on any atom is -0.359 e. The third kappa shape index (κ3) is 2.03. The van der Waals surface area contributed by atoms with Gasteiger partial charge in [0.2, 0.25) is 0 Å². The van der Waals surface area contributed by atoms with Gasteiger partial charge in [-0.05, 0) is 31.9 Å². The van der Waals surface area contributed by atoms with E-state index in [0.29, 0.717) is 6.54 Å². The summed E-state index contributed by atoms with van der Waals surface area (Å²) in [5.74, 6) is 0.892. The van der Waals surface area contributed by atoms with Crippen molar-refractivity contribution in [3.63, 3.8) is 0 Å². The van der Waals surface area contributed by atoms with Gasteiger partial charge in [-0.1, -0.05) is 23.4 Å². The lowest BCUT2D eigenvalue weighted by Crippen LogP contribution is -2.36. The Labute approximate surface area is 112 Å². The summed E-state index contributed by atoms with van der Waals surface area (Å²) in [6.45, 7) is 5.15. The molecule has 0 N–H and O–H groups in total. The van der Waals surface area contributed by atoms with E-state index in [1.165, 1.54) is 0 Å². The number of rotatable bonds is 1. The number of hydrogen-bond acceptors (Lipinski definition) is 3. The molecule has 1 aliphatic rings. The third-order valence-corrected chi connectivity index (χ3v) is 3.69. The van der Waals surface area contributed by atoms with Gasteiger partial charge in [-0.25, -0.2) is 0 Å². The van der Waals surface area contributed by atoms with Crippen LogP contribution in [0, 0.1) is 13.8 Å². The van der Waals surface area contributed by atoms with Crippen molar-refractivity contribution in [3.05, 3.63) is 52.4 Å². The van der Waals surface area contributed by atoms with E-state index in [1.807, 2.05) is 43.0 Å². The van der Waals surface area contributed by atoms with Crippen LogP contribution in [0.2, 0.25) is 0 Å². The lowest BCUT2D eigenvalue weighted by molar-refractivity contribution is 0.0715. The van der Waals surface area contributed by atoms with Gasteiger partial charge in [0.15, 0.2) is 5.76 Å². The fraction of sp³-hybridized carbons (Fsp3) is 0.333. The molecule has 2 heterocycles. The number of nitrogens with zero attached hydrogens (tertiary/aromatic N) is 2. The van der Waals surface area contributed by atoms with Crippen LogP contribution >= 0.6 is 0 Å². The first kappa shape index (κ1) is 12.0. The molecule has 0 atom stereocenters. The van der Waals surface area contributed by atoms with Crippen LogP contribution in [0.25, 0.3) is 0 Å². The van der Waals surface area contributed by atoms with Crippen LogP contribution in [-0.2, 0) is 13.0 Å². The van der Waals surface area contributed by atoms with Gasteiger partial charge in [0.05, 0.1) is 12.2 Å². The van der Waals surface area contributed by atoms with E-state index >= 15 is 0 Å². The van der Waals surface area contributed by atoms with Crippen molar-refractivity contribution in [2.24, 2.45) is 0 Å². The van der Waals surface area contributed by atoms with Crippen molar-refractivity contribution in [2.45, 2.75) is 26.8 Å². The summed E-state index contributed by atoms with van der Waals surface area (Å²) < 4.78 is 5.29. The van der Waals surface area contributed by atoms with Gasteiger partial charge in [-0.2, -0.15) is 0 Å². The third-order valence-electron chi connectivity index (χ3n) is 3.69. The zero-order chi connectivity index (χ0) is 13.4. The molecule has 98 valence electrons. The Morgan fingerprint density at radius 1 is 1.32 bits per heavy atom. The molecule has 0 unspecified atom stereocenters. The van der Waals surface area contributed by atoms with Crippen molar-refractivity contribution < 1.29 is 9.32 Å². The van der Waals surface area contributed by atoms with E-state index in [0.717, 1.165) is 41.1 Å². The summed E-state index contributed by atoms with van der Waals surface area (Å²) in [5, 5.41) is 3.97. The van der Waals surface area contributed by atoms with Gasteiger partial charge in [0.25, 0.3) is 5.91 Å². The second-order valence-corrected chi connectivity index (χ2v) is 4.96. The van der Waals surface area contributed by atoms with E-state index in [-0.39, 0.29) is 5.91 Å². The molecule has 0 fully saturated rings. The first-order valence-electron chi connectivity index (χ1n) is 6.45. The fourth-order valence-corrected chi connectivity index (χ4v) is 2.54. The number of carbonyl (C=O) groups excluding carboxylic acids is 1. The monoisotopic (exact) mass is 256 g/mol. The van der Waals surface area contributed by atoms with E-state index in [4.69, 9.17) is 4.52 Å². The van der Waals surface area contributed by atoms with Gasteiger partial charge in [-0.3, -0.25) is 4.79 Å². The molecule has 3 rings (SSSR count). The fourth-order valence-electron chi connectivity index (χ4n) is 2.54. The molecule has 0 spiro atoms. The van der Waals surface area contributed by atoms with Crippen LogP contribution in [-0.4, -0.2) is 22.5 Å². The second kappa shape index (κ2) is 4.53. The average molecular weight is 256 g/mol. The van der Waals surface area contributed by atoms with E-state index < -0.39 is 0 Å². The van der Waals surface area contributed by atoms with Gasteiger partial charge in [0, 0.05) is 17.7 Å².